The Kier molecular flexibility index (Phi) is 10.1. The number of allylic oxidation sites excluding steroid dienone is 4. The van der Waals surface area contributed by atoms with Gasteiger partial charge in [-0.3, -0.25) is 9.59 Å². The number of nitrogens with one attached hydrogen (secondary N) is 1. The van der Waals surface area contributed by atoms with Crippen molar-refractivity contribution < 1.29 is 18.4 Å². The molecule has 0 spiro atoms. The number of hydrogen-bond acceptors (Lipinski definition) is 4. The Labute approximate surface area is 223 Å². The minimum Gasteiger partial charge on any atom is -0.342 e. The van der Waals surface area contributed by atoms with Gasteiger partial charge in [-0.1, -0.05) is 55.1 Å². The number of carbonyl (C=O) groups is 2. The van der Waals surface area contributed by atoms with Crippen molar-refractivity contribution in [2.24, 2.45) is 0 Å². The van der Waals surface area contributed by atoms with Crippen LogP contribution in [0.1, 0.15) is 25.0 Å². The van der Waals surface area contributed by atoms with E-state index in [2.05, 4.69) is 11.9 Å². The second-order valence-electron chi connectivity index (χ2n) is 8.91. The zero-order valence-electron chi connectivity index (χ0n) is 22.1. The molecular weight excluding hydrogens is 486 g/mol. The molecule has 3 rings (SSSR count). The standard InChI is InChI=1S/C30H34F2N4O2/c1-5-10-27(22(3)6-2)34(4)28(24-11-8-7-9-12-24)29(30(38)35-17-15-33-16-18-35)36(21-37)20-23-13-14-25(31)26(32)19-23/h5-14,19,21,33H,1,15-18,20H2,2-4H3/b22-6-,27-10+,29-28-. The Morgan fingerprint density at radius 2 is 1.79 bits per heavy atom. The van der Waals surface area contributed by atoms with Crippen molar-refractivity contribution in [1.82, 2.24) is 20.0 Å². The van der Waals surface area contributed by atoms with Crippen molar-refractivity contribution in [3.05, 3.63) is 113 Å². The molecule has 0 aromatic heterocycles. The van der Waals surface area contributed by atoms with Gasteiger partial charge in [-0.25, -0.2) is 8.78 Å². The van der Waals surface area contributed by atoms with E-state index in [1.54, 1.807) is 11.0 Å². The molecule has 1 N–H and O–H groups in total. The summed E-state index contributed by atoms with van der Waals surface area (Å²) in [6.07, 6.45) is 6.02. The van der Waals surface area contributed by atoms with Gasteiger partial charge in [0.2, 0.25) is 6.41 Å². The average molecular weight is 521 g/mol. The van der Waals surface area contributed by atoms with E-state index in [1.165, 1.54) is 11.0 Å². The van der Waals surface area contributed by atoms with Crippen molar-refractivity contribution in [2.45, 2.75) is 20.4 Å². The first-order chi connectivity index (χ1) is 18.3. The lowest BCUT2D eigenvalue weighted by atomic mass is 10.0. The van der Waals surface area contributed by atoms with Crippen LogP contribution in [-0.4, -0.2) is 60.2 Å². The summed E-state index contributed by atoms with van der Waals surface area (Å²) in [5.41, 5.74) is 3.42. The van der Waals surface area contributed by atoms with Crippen molar-refractivity contribution in [3.8, 4) is 0 Å². The van der Waals surface area contributed by atoms with Crippen LogP contribution in [-0.2, 0) is 16.1 Å². The van der Waals surface area contributed by atoms with Gasteiger partial charge < -0.3 is 20.0 Å². The summed E-state index contributed by atoms with van der Waals surface area (Å²) in [7, 11) is 1.83. The summed E-state index contributed by atoms with van der Waals surface area (Å²) in [4.78, 5) is 31.6. The van der Waals surface area contributed by atoms with Crippen LogP contribution in [0, 0.1) is 11.6 Å². The van der Waals surface area contributed by atoms with E-state index in [-0.39, 0.29) is 18.1 Å². The second kappa shape index (κ2) is 13.5. The Hall–Kier alpha value is -4.04. The van der Waals surface area contributed by atoms with Gasteiger partial charge in [-0.2, -0.15) is 0 Å². The summed E-state index contributed by atoms with van der Waals surface area (Å²) in [5.74, 6) is -2.33. The molecule has 8 heteroatoms. The first-order valence-electron chi connectivity index (χ1n) is 12.5. The van der Waals surface area contributed by atoms with E-state index in [0.29, 0.717) is 49.4 Å². The summed E-state index contributed by atoms with van der Waals surface area (Å²) in [6, 6.07) is 12.8. The SMILES string of the molecule is C=C/C=C(\C(C)=C/C)N(C)/C(=C(/C(=O)N1CCNCC1)N(C=O)Cc1ccc(F)c(F)c1)c1ccccc1. The fraction of sp³-hybridized carbons (Fsp3) is 0.267. The van der Waals surface area contributed by atoms with E-state index < -0.39 is 11.6 Å². The third-order valence-electron chi connectivity index (χ3n) is 6.44. The molecule has 0 saturated carbocycles. The molecule has 0 radical (unpaired) electrons. The van der Waals surface area contributed by atoms with Crippen LogP contribution < -0.4 is 5.32 Å². The Morgan fingerprint density at radius 1 is 1.11 bits per heavy atom. The van der Waals surface area contributed by atoms with Gasteiger partial charge in [0.05, 0.1) is 12.2 Å². The number of nitrogens with zero attached hydrogens (tertiary/aromatic N) is 3. The number of piperazine rings is 1. The van der Waals surface area contributed by atoms with Crippen LogP contribution >= 0.6 is 0 Å². The normalized spacial score (nSPS) is 15.0. The molecule has 0 unspecified atom stereocenters. The molecule has 1 aliphatic heterocycles. The van der Waals surface area contributed by atoms with Crippen LogP contribution in [0.5, 0.6) is 0 Å². The molecule has 0 atom stereocenters. The minimum atomic E-state index is -1.02. The first kappa shape index (κ1) is 28.5. The maximum absolute atomic E-state index is 14.2. The topological polar surface area (TPSA) is 55.9 Å². The monoisotopic (exact) mass is 520 g/mol. The molecule has 1 aliphatic rings. The number of amides is 2. The molecule has 2 amide bonds. The van der Waals surface area contributed by atoms with Crippen molar-refractivity contribution in [3.63, 3.8) is 0 Å². The zero-order chi connectivity index (χ0) is 27.7. The van der Waals surface area contributed by atoms with Crippen LogP contribution in [0.2, 0.25) is 0 Å². The fourth-order valence-corrected chi connectivity index (χ4v) is 4.35. The van der Waals surface area contributed by atoms with Gasteiger partial charge in [-0.15, -0.1) is 0 Å². The van der Waals surface area contributed by atoms with Gasteiger partial charge in [0.15, 0.2) is 11.6 Å². The van der Waals surface area contributed by atoms with E-state index in [1.807, 2.05) is 68.3 Å². The highest BCUT2D eigenvalue weighted by molar-refractivity contribution is 6.02. The highest BCUT2D eigenvalue weighted by atomic mass is 19.2. The predicted octanol–water partition coefficient (Wildman–Crippen LogP) is 4.69. The Morgan fingerprint density at radius 3 is 2.37 bits per heavy atom. The number of rotatable bonds is 10. The van der Waals surface area contributed by atoms with Gasteiger partial charge in [0.1, 0.15) is 5.70 Å². The second-order valence-corrected chi connectivity index (χ2v) is 8.91. The van der Waals surface area contributed by atoms with Crippen molar-refractivity contribution >= 4 is 18.0 Å². The van der Waals surface area contributed by atoms with E-state index >= 15 is 0 Å². The maximum atomic E-state index is 14.2. The quantitative estimate of drug-likeness (QED) is 0.281. The minimum absolute atomic E-state index is 0.124. The zero-order valence-corrected chi connectivity index (χ0v) is 22.1. The molecular formula is C30H34F2N4O2. The summed E-state index contributed by atoms with van der Waals surface area (Å²) < 4.78 is 27.7. The molecule has 6 nitrogen and oxygen atoms in total. The first-order valence-corrected chi connectivity index (χ1v) is 12.5. The van der Waals surface area contributed by atoms with Crippen molar-refractivity contribution in [1.29, 1.82) is 0 Å². The van der Waals surface area contributed by atoms with Gasteiger partial charge in [-0.05, 0) is 43.2 Å². The van der Waals surface area contributed by atoms with Gasteiger partial charge in [0.25, 0.3) is 5.91 Å². The molecule has 2 aromatic carbocycles. The molecule has 0 aliphatic carbocycles. The lowest BCUT2D eigenvalue weighted by Crippen LogP contribution is -2.49. The lowest BCUT2D eigenvalue weighted by Gasteiger charge is -2.35. The average Bonchev–Trinajstić information content (AvgIpc) is 2.95. The summed E-state index contributed by atoms with van der Waals surface area (Å²) >= 11 is 0. The van der Waals surface area contributed by atoms with Crippen LogP contribution in [0.3, 0.4) is 0 Å². The number of carbonyl (C=O) groups excluding carboxylic acids is 2. The number of likely N-dealkylation sites (N-methyl/N-ethyl adjacent to an activating group) is 1. The third-order valence-corrected chi connectivity index (χ3v) is 6.44. The molecule has 38 heavy (non-hydrogen) atoms. The maximum Gasteiger partial charge on any atom is 0.272 e. The number of benzene rings is 2. The molecule has 1 fully saturated rings. The molecule has 0 bridgehead atoms. The Balaban J connectivity index is 2.30. The smallest absolute Gasteiger partial charge is 0.272 e. The van der Waals surface area contributed by atoms with Crippen LogP contribution in [0.15, 0.2) is 90.3 Å². The van der Waals surface area contributed by atoms with Crippen molar-refractivity contribution in [2.75, 3.05) is 33.2 Å². The largest absolute Gasteiger partial charge is 0.342 e. The fourth-order valence-electron chi connectivity index (χ4n) is 4.35. The lowest BCUT2D eigenvalue weighted by molar-refractivity contribution is -0.132. The van der Waals surface area contributed by atoms with Gasteiger partial charge in [0, 0.05) is 44.5 Å². The molecule has 1 heterocycles. The summed E-state index contributed by atoms with van der Waals surface area (Å²) in [5, 5.41) is 3.24. The Bertz CT molecular complexity index is 1250. The van der Waals surface area contributed by atoms with E-state index in [4.69, 9.17) is 0 Å². The molecule has 2 aromatic rings. The van der Waals surface area contributed by atoms with E-state index in [0.717, 1.165) is 23.4 Å². The molecule has 1 saturated heterocycles. The third kappa shape index (κ3) is 6.63. The van der Waals surface area contributed by atoms with Gasteiger partial charge >= 0.3 is 0 Å². The number of hydrogen-bond donors (Lipinski definition) is 1. The number of halogens is 2. The van der Waals surface area contributed by atoms with E-state index in [9.17, 15) is 18.4 Å². The molecule has 200 valence electrons. The summed E-state index contributed by atoms with van der Waals surface area (Å²) in [6.45, 7) is 9.77. The van der Waals surface area contributed by atoms with Crippen LogP contribution in [0.25, 0.3) is 5.70 Å². The highest BCUT2D eigenvalue weighted by Gasteiger charge is 2.31. The van der Waals surface area contributed by atoms with Crippen LogP contribution in [0.4, 0.5) is 8.78 Å². The predicted molar refractivity (Wildman–Crippen MR) is 146 cm³/mol. The highest BCUT2D eigenvalue weighted by Crippen LogP contribution is 2.31.